The molecule has 2 aromatic carbocycles. The third-order valence-electron chi connectivity index (χ3n) is 5.55. The maximum atomic E-state index is 12.7. The summed E-state index contributed by atoms with van der Waals surface area (Å²) < 4.78 is 10.6. The minimum atomic E-state index is -0.570. The first-order valence-corrected chi connectivity index (χ1v) is 12.7. The summed E-state index contributed by atoms with van der Waals surface area (Å²) in [6, 6.07) is 13.8. The first-order valence-electron chi connectivity index (χ1n) is 11.8. The highest BCUT2D eigenvalue weighted by atomic mass is 32.2. The Hall–Kier alpha value is -3.79. The van der Waals surface area contributed by atoms with Crippen LogP contribution in [0.4, 0.5) is 5.69 Å². The zero-order valence-electron chi connectivity index (χ0n) is 21.8. The Bertz CT molecular complexity index is 1190. The number of ether oxygens (including phenoxy) is 2. The van der Waals surface area contributed by atoms with Crippen LogP contribution in [0.2, 0.25) is 0 Å². The zero-order chi connectivity index (χ0) is 26.8. The smallest absolute Gasteiger partial charge is 0.234 e. The van der Waals surface area contributed by atoms with E-state index in [1.165, 1.54) is 11.8 Å². The summed E-state index contributed by atoms with van der Waals surface area (Å²) in [5.74, 6) is 0.815. The number of amidine groups is 1. The van der Waals surface area contributed by atoms with Crippen molar-refractivity contribution in [2.24, 2.45) is 10.2 Å². The molecule has 0 aromatic heterocycles. The summed E-state index contributed by atoms with van der Waals surface area (Å²) in [5.41, 5.74) is 3.83. The van der Waals surface area contributed by atoms with E-state index in [0.717, 1.165) is 16.8 Å². The van der Waals surface area contributed by atoms with Gasteiger partial charge in [-0.25, -0.2) is 0 Å². The minimum Gasteiger partial charge on any atom is -0.493 e. The highest BCUT2D eigenvalue weighted by Crippen LogP contribution is 2.27. The number of thioether (sulfide) groups is 1. The summed E-state index contributed by atoms with van der Waals surface area (Å²) in [7, 11) is 7.16. The Morgan fingerprint density at radius 1 is 1.16 bits per heavy atom. The Balaban J connectivity index is 1.54. The molecular formula is C27H33N5O4S. The van der Waals surface area contributed by atoms with E-state index in [0.29, 0.717) is 35.3 Å². The molecule has 37 heavy (non-hydrogen) atoms. The van der Waals surface area contributed by atoms with Gasteiger partial charge in [0.05, 0.1) is 25.2 Å². The number of carbonyl (C=O) groups excluding carboxylic acids is 2. The van der Waals surface area contributed by atoms with Gasteiger partial charge < -0.3 is 25.0 Å². The van der Waals surface area contributed by atoms with E-state index in [2.05, 4.69) is 20.8 Å². The maximum Gasteiger partial charge on any atom is 0.234 e. The molecule has 1 fully saturated rings. The summed E-state index contributed by atoms with van der Waals surface area (Å²) in [4.78, 5) is 26.9. The molecule has 196 valence electrons. The molecule has 1 aliphatic heterocycles. The van der Waals surface area contributed by atoms with Crippen LogP contribution in [0.15, 0.2) is 58.7 Å². The number of benzene rings is 2. The molecule has 0 unspecified atom stereocenters. The second kappa shape index (κ2) is 13.5. The SMILES string of the molecule is COc1ccc(CCNC(=O)[C@@H]2CC(=O)N\C(=N/N=C(C)/C=C/c3ccc(N(C)C)cc3)S2)cc1OC. The van der Waals surface area contributed by atoms with Crippen molar-refractivity contribution in [3.8, 4) is 11.5 Å². The lowest BCUT2D eigenvalue weighted by Gasteiger charge is -2.21. The van der Waals surface area contributed by atoms with E-state index in [1.807, 2.05) is 80.5 Å². The topological polar surface area (TPSA) is 105 Å². The zero-order valence-corrected chi connectivity index (χ0v) is 22.6. The molecule has 0 saturated carbocycles. The molecule has 9 nitrogen and oxygen atoms in total. The van der Waals surface area contributed by atoms with Crippen LogP contribution in [0.5, 0.6) is 11.5 Å². The van der Waals surface area contributed by atoms with Gasteiger partial charge in [-0.15, -0.1) is 5.10 Å². The van der Waals surface area contributed by atoms with Gasteiger partial charge >= 0.3 is 0 Å². The van der Waals surface area contributed by atoms with E-state index < -0.39 is 5.25 Å². The van der Waals surface area contributed by atoms with Gasteiger partial charge in [0.25, 0.3) is 0 Å². The van der Waals surface area contributed by atoms with Crippen molar-refractivity contribution < 1.29 is 19.1 Å². The Labute approximate surface area is 222 Å². The first-order chi connectivity index (χ1) is 17.8. The Kier molecular flexibility index (Phi) is 10.1. The first kappa shape index (κ1) is 27.8. The predicted octanol–water partition coefficient (Wildman–Crippen LogP) is 3.50. The second-order valence-electron chi connectivity index (χ2n) is 8.55. The number of hydrogen-bond donors (Lipinski definition) is 2. The molecule has 10 heteroatoms. The van der Waals surface area contributed by atoms with Crippen LogP contribution >= 0.6 is 11.8 Å². The van der Waals surface area contributed by atoms with Crippen LogP contribution in [-0.2, 0) is 16.0 Å². The summed E-state index contributed by atoms with van der Waals surface area (Å²) in [5, 5.41) is 13.7. The van der Waals surface area contributed by atoms with Crippen molar-refractivity contribution in [3.05, 3.63) is 59.7 Å². The van der Waals surface area contributed by atoms with E-state index in [9.17, 15) is 9.59 Å². The highest BCUT2D eigenvalue weighted by Gasteiger charge is 2.30. The minimum absolute atomic E-state index is 0.0808. The fourth-order valence-corrected chi connectivity index (χ4v) is 4.43. The van der Waals surface area contributed by atoms with Gasteiger partial charge in [0, 0.05) is 32.7 Å². The molecule has 1 atom stereocenters. The number of carbonyl (C=O) groups is 2. The van der Waals surface area contributed by atoms with E-state index in [-0.39, 0.29) is 18.2 Å². The van der Waals surface area contributed by atoms with Gasteiger partial charge in [-0.3, -0.25) is 9.59 Å². The van der Waals surface area contributed by atoms with Crippen LogP contribution in [0.25, 0.3) is 6.08 Å². The number of allylic oxidation sites excluding steroid dienone is 1. The molecule has 0 aliphatic carbocycles. The van der Waals surface area contributed by atoms with Crippen molar-refractivity contribution >= 4 is 46.2 Å². The lowest BCUT2D eigenvalue weighted by molar-refractivity contribution is -0.125. The number of methoxy groups -OCH3 is 2. The van der Waals surface area contributed by atoms with Crippen LogP contribution in [0.1, 0.15) is 24.5 Å². The van der Waals surface area contributed by atoms with Crippen LogP contribution < -0.4 is 25.0 Å². The van der Waals surface area contributed by atoms with Gasteiger partial charge in [-0.1, -0.05) is 36.0 Å². The number of nitrogens with one attached hydrogen (secondary N) is 2. The van der Waals surface area contributed by atoms with Crippen LogP contribution in [0.3, 0.4) is 0 Å². The van der Waals surface area contributed by atoms with Crippen LogP contribution in [-0.4, -0.2) is 62.8 Å². The van der Waals surface area contributed by atoms with E-state index in [4.69, 9.17) is 9.47 Å². The molecule has 2 aromatic rings. The van der Waals surface area contributed by atoms with E-state index >= 15 is 0 Å². The average Bonchev–Trinajstić information content (AvgIpc) is 2.90. The molecule has 1 heterocycles. The Morgan fingerprint density at radius 2 is 1.89 bits per heavy atom. The predicted molar refractivity (Wildman–Crippen MR) is 151 cm³/mol. The average molecular weight is 524 g/mol. The summed E-state index contributed by atoms with van der Waals surface area (Å²) in [6.07, 6.45) is 4.49. The van der Waals surface area contributed by atoms with Crippen molar-refractivity contribution in [1.82, 2.24) is 10.6 Å². The molecule has 0 bridgehead atoms. The van der Waals surface area contributed by atoms with Crippen LogP contribution in [0, 0.1) is 0 Å². The highest BCUT2D eigenvalue weighted by molar-refractivity contribution is 8.15. The van der Waals surface area contributed by atoms with Gasteiger partial charge in [0.2, 0.25) is 11.8 Å². The standard InChI is InChI=1S/C27H33N5O4S/c1-18(6-7-19-8-11-21(12-9-19)32(2)3)30-31-27-29-25(33)17-24(37-27)26(34)28-15-14-20-10-13-22(35-4)23(16-20)36-5/h6-13,16,24H,14-15,17H2,1-5H3,(H,28,34)(H,29,31,33)/b7-6+,30-18+/t24-/m0/s1. The quantitative estimate of drug-likeness (QED) is 0.365. The summed E-state index contributed by atoms with van der Waals surface area (Å²) >= 11 is 1.19. The lowest BCUT2D eigenvalue weighted by atomic mass is 10.1. The second-order valence-corrected chi connectivity index (χ2v) is 9.75. The van der Waals surface area contributed by atoms with E-state index in [1.54, 1.807) is 14.2 Å². The number of anilines is 1. The molecule has 1 aliphatic rings. The lowest BCUT2D eigenvalue weighted by Crippen LogP contribution is -2.44. The molecule has 0 radical (unpaired) electrons. The molecule has 1 saturated heterocycles. The third kappa shape index (κ3) is 8.38. The van der Waals surface area contributed by atoms with Gasteiger partial charge in [0.15, 0.2) is 16.7 Å². The number of amides is 2. The number of hydrogen-bond acceptors (Lipinski definition) is 8. The van der Waals surface area contributed by atoms with Crippen molar-refractivity contribution in [2.45, 2.75) is 25.0 Å². The normalized spacial score (nSPS) is 17.0. The van der Waals surface area contributed by atoms with Crippen molar-refractivity contribution in [3.63, 3.8) is 0 Å². The fourth-order valence-electron chi connectivity index (χ4n) is 3.48. The van der Waals surface area contributed by atoms with Gasteiger partial charge in [0.1, 0.15) is 0 Å². The van der Waals surface area contributed by atoms with Crippen molar-refractivity contribution in [2.75, 3.05) is 39.8 Å². The van der Waals surface area contributed by atoms with Gasteiger partial charge in [-0.05, 0) is 54.8 Å². The summed E-state index contributed by atoms with van der Waals surface area (Å²) in [6.45, 7) is 2.25. The van der Waals surface area contributed by atoms with Gasteiger partial charge in [-0.2, -0.15) is 5.10 Å². The monoisotopic (exact) mass is 523 g/mol. The largest absolute Gasteiger partial charge is 0.493 e. The molecule has 2 N–H and O–H groups in total. The third-order valence-corrected chi connectivity index (χ3v) is 6.62. The number of rotatable bonds is 10. The maximum absolute atomic E-state index is 12.7. The van der Waals surface area contributed by atoms with Crippen molar-refractivity contribution in [1.29, 1.82) is 0 Å². The molecule has 0 spiro atoms. The molecule has 2 amide bonds. The fraction of sp³-hybridized carbons (Fsp3) is 0.333. The molecule has 3 rings (SSSR count). The Morgan fingerprint density at radius 3 is 2.57 bits per heavy atom. The number of nitrogens with zero attached hydrogens (tertiary/aromatic N) is 3. The molecular weight excluding hydrogens is 490 g/mol.